The molecular weight excluding hydrogens is 360 g/mol. The van der Waals surface area contributed by atoms with E-state index in [0.717, 1.165) is 25.7 Å². The fraction of sp³-hybridized carbons (Fsp3) is 0.864. The molecule has 0 spiro atoms. The summed E-state index contributed by atoms with van der Waals surface area (Å²) in [5.74, 6) is -1.71. The highest BCUT2D eigenvalue weighted by Gasteiger charge is 2.70. The molecular formula is C22H32O6. The Morgan fingerprint density at radius 2 is 1.89 bits per heavy atom. The number of hydrogen-bond acceptors (Lipinski definition) is 6. The van der Waals surface area contributed by atoms with Gasteiger partial charge in [-0.05, 0) is 58.3 Å². The Morgan fingerprint density at radius 1 is 1.14 bits per heavy atom. The van der Waals surface area contributed by atoms with Gasteiger partial charge in [-0.25, -0.2) is 0 Å². The zero-order valence-electron chi connectivity index (χ0n) is 17.3. The zero-order chi connectivity index (χ0) is 20.2. The van der Waals surface area contributed by atoms with Crippen LogP contribution in [-0.2, 0) is 28.6 Å². The van der Waals surface area contributed by atoms with Crippen molar-refractivity contribution in [1.29, 1.82) is 0 Å². The molecule has 28 heavy (non-hydrogen) atoms. The molecule has 1 heterocycles. The number of rotatable bonds is 6. The molecule has 0 aromatic rings. The third-order valence-electron chi connectivity index (χ3n) is 7.88. The zero-order valence-corrected chi connectivity index (χ0v) is 17.3. The third-order valence-corrected chi connectivity index (χ3v) is 7.88. The lowest BCUT2D eigenvalue weighted by Gasteiger charge is -2.33. The van der Waals surface area contributed by atoms with Crippen LogP contribution < -0.4 is 0 Å². The Bertz CT molecular complexity index is 670. The van der Waals surface area contributed by atoms with Gasteiger partial charge in [-0.2, -0.15) is 0 Å². The summed E-state index contributed by atoms with van der Waals surface area (Å²) in [4.78, 5) is 38.2. The van der Waals surface area contributed by atoms with Crippen molar-refractivity contribution in [2.24, 2.45) is 35.0 Å². The van der Waals surface area contributed by atoms with Crippen molar-refractivity contribution in [1.82, 2.24) is 0 Å². The number of hydrogen-bond donors (Lipinski definition) is 0. The maximum atomic E-state index is 13.1. The van der Waals surface area contributed by atoms with Gasteiger partial charge < -0.3 is 14.2 Å². The normalized spacial score (nSPS) is 41.2. The number of carbonyl (C=O) groups excluding carboxylic acids is 3. The van der Waals surface area contributed by atoms with Crippen LogP contribution >= 0.6 is 0 Å². The van der Waals surface area contributed by atoms with E-state index < -0.39 is 29.5 Å². The summed E-state index contributed by atoms with van der Waals surface area (Å²) in [6.45, 7) is 7.77. The second-order valence-corrected chi connectivity index (χ2v) is 9.70. The molecule has 3 saturated carbocycles. The Morgan fingerprint density at radius 3 is 2.57 bits per heavy atom. The smallest absolute Gasteiger partial charge is 0.311 e. The van der Waals surface area contributed by atoms with Gasteiger partial charge in [-0.3, -0.25) is 14.4 Å². The van der Waals surface area contributed by atoms with Gasteiger partial charge in [0.05, 0.1) is 17.3 Å². The van der Waals surface area contributed by atoms with Gasteiger partial charge in [0.25, 0.3) is 0 Å². The first-order chi connectivity index (χ1) is 13.3. The molecule has 0 N–H and O–H groups in total. The number of fused-ring (bicyclic) bond motifs is 1. The summed E-state index contributed by atoms with van der Waals surface area (Å²) < 4.78 is 17.3. The summed E-state index contributed by atoms with van der Waals surface area (Å²) in [7, 11) is 0. The molecule has 8 atom stereocenters. The van der Waals surface area contributed by atoms with Gasteiger partial charge >= 0.3 is 17.9 Å². The number of ether oxygens (including phenoxy) is 3. The van der Waals surface area contributed by atoms with Crippen LogP contribution in [-0.4, -0.2) is 36.2 Å². The number of esters is 3. The fourth-order valence-electron chi connectivity index (χ4n) is 5.75. The minimum Gasteiger partial charge on any atom is -0.462 e. The average molecular weight is 392 g/mol. The summed E-state index contributed by atoms with van der Waals surface area (Å²) in [6.07, 6.45) is 4.41. The van der Waals surface area contributed by atoms with Gasteiger partial charge in [-0.15, -0.1) is 0 Å². The predicted molar refractivity (Wildman–Crippen MR) is 99.9 cm³/mol. The van der Waals surface area contributed by atoms with E-state index in [4.69, 9.17) is 14.2 Å². The summed E-state index contributed by atoms with van der Waals surface area (Å²) in [5.41, 5.74) is -0.599. The fourth-order valence-corrected chi connectivity index (χ4v) is 5.75. The molecule has 0 amide bonds. The highest BCUT2D eigenvalue weighted by atomic mass is 16.6. The lowest BCUT2D eigenvalue weighted by Crippen LogP contribution is -2.45. The Hall–Kier alpha value is -1.59. The van der Waals surface area contributed by atoms with E-state index in [9.17, 15) is 14.4 Å². The van der Waals surface area contributed by atoms with E-state index >= 15 is 0 Å². The molecule has 2 bridgehead atoms. The molecule has 4 fully saturated rings. The largest absolute Gasteiger partial charge is 0.462 e. The molecule has 1 saturated heterocycles. The van der Waals surface area contributed by atoms with E-state index in [-0.39, 0.29) is 35.8 Å². The molecule has 0 radical (unpaired) electrons. The monoisotopic (exact) mass is 392 g/mol. The minimum atomic E-state index is -0.599. The molecule has 156 valence electrons. The first-order valence-corrected chi connectivity index (χ1v) is 10.9. The molecule has 0 aromatic heterocycles. The first-order valence-electron chi connectivity index (χ1n) is 10.9. The van der Waals surface area contributed by atoms with Gasteiger partial charge in [0.1, 0.15) is 18.3 Å². The van der Waals surface area contributed by atoms with Gasteiger partial charge in [0.2, 0.25) is 0 Å². The topological polar surface area (TPSA) is 78.9 Å². The molecule has 6 nitrogen and oxygen atoms in total. The molecule has 6 heteroatoms. The number of carbonyl (C=O) groups is 3. The Kier molecular flexibility index (Phi) is 4.95. The van der Waals surface area contributed by atoms with Gasteiger partial charge in [0, 0.05) is 11.8 Å². The SMILES string of the molecule is CCC1CCCC1OC(=O)C1C2CC3C(OC(=O)C31)C2OC(=O)C(C)(C)CC. The Labute approximate surface area is 166 Å². The maximum Gasteiger partial charge on any atom is 0.311 e. The summed E-state index contributed by atoms with van der Waals surface area (Å²) in [5, 5.41) is 0. The van der Waals surface area contributed by atoms with E-state index in [1.165, 1.54) is 0 Å². The van der Waals surface area contributed by atoms with Crippen LogP contribution in [0.2, 0.25) is 0 Å². The average Bonchev–Trinajstić information content (AvgIpc) is 3.38. The van der Waals surface area contributed by atoms with E-state index in [1.807, 2.05) is 20.8 Å². The van der Waals surface area contributed by atoms with E-state index in [2.05, 4.69) is 6.92 Å². The maximum absolute atomic E-state index is 13.1. The van der Waals surface area contributed by atoms with Crippen molar-refractivity contribution >= 4 is 17.9 Å². The molecule has 4 rings (SSSR count). The molecule has 4 aliphatic rings. The lowest BCUT2D eigenvalue weighted by atomic mass is 9.78. The third kappa shape index (κ3) is 2.94. The molecule has 3 aliphatic carbocycles. The van der Waals surface area contributed by atoms with Crippen molar-refractivity contribution in [3.8, 4) is 0 Å². The van der Waals surface area contributed by atoms with E-state index in [1.54, 1.807) is 0 Å². The van der Waals surface area contributed by atoms with E-state index in [0.29, 0.717) is 18.8 Å². The van der Waals surface area contributed by atoms with Crippen LogP contribution in [0.5, 0.6) is 0 Å². The standard InChI is InChI=1S/C22H32O6/c1-5-11-8-7-9-14(11)26-19(23)15-13-10-12-16(15)20(24)27-17(12)18(13)28-21(25)22(3,4)6-2/h11-18H,5-10H2,1-4H3. The van der Waals surface area contributed by atoms with Crippen LogP contribution in [0.3, 0.4) is 0 Å². The molecule has 8 unspecified atom stereocenters. The minimum absolute atomic E-state index is 0.0388. The predicted octanol–water partition coefficient (Wildman–Crippen LogP) is 3.26. The summed E-state index contributed by atoms with van der Waals surface area (Å²) >= 11 is 0. The second-order valence-electron chi connectivity index (χ2n) is 9.70. The second kappa shape index (κ2) is 7.03. The lowest BCUT2D eigenvalue weighted by molar-refractivity contribution is -0.175. The van der Waals surface area contributed by atoms with Gasteiger partial charge in [-0.1, -0.05) is 13.8 Å². The Balaban J connectivity index is 1.51. The molecule has 0 aromatic carbocycles. The van der Waals surface area contributed by atoms with Gasteiger partial charge in [0.15, 0.2) is 0 Å². The quantitative estimate of drug-likeness (QED) is 0.510. The summed E-state index contributed by atoms with van der Waals surface area (Å²) in [6, 6.07) is 0. The van der Waals surface area contributed by atoms with Crippen molar-refractivity contribution < 1.29 is 28.6 Å². The highest BCUT2D eigenvalue weighted by molar-refractivity contribution is 5.86. The van der Waals surface area contributed by atoms with Crippen LogP contribution in [0.25, 0.3) is 0 Å². The first kappa shape index (κ1) is 19.7. The van der Waals surface area contributed by atoms with Crippen LogP contribution in [0.1, 0.15) is 66.2 Å². The van der Waals surface area contributed by atoms with Crippen molar-refractivity contribution in [3.63, 3.8) is 0 Å². The van der Waals surface area contributed by atoms with Crippen LogP contribution in [0.15, 0.2) is 0 Å². The van der Waals surface area contributed by atoms with Crippen molar-refractivity contribution in [3.05, 3.63) is 0 Å². The molecule has 1 aliphatic heterocycles. The van der Waals surface area contributed by atoms with Crippen LogP contribution in [0.4, 0.5) is 0 Å². The van der Waals surface area contributed by atoms with Crippen molar-refractivity contribution in [2.45, 2.75) is 84.5 Å². The van der Waals surface area contributed by atoms with Crippen molar-refractivity contribution in [2.75, 3.05) is 0 Å². The highest BCUT2D eigenvalue weighted by Crippen LogP contribution is 2.59. The van der Waals surface area contributed by atoms with Crippen LogP contribution in [0, 0.1) is 35.0 Å².